The Morgan fingerprint density at radius 1 is 1.20 bits per heavy atom. The van der Waals surface area contributed by atoms with Crippen molar-refractivity contribution in [1.82, 2.24) is 10.3 Å². The SMILES string of the molecule is Cc1ncc(CO)c(CNC(C)(C)CC(C)(C)C)c1O. The number of aromatic hydroxyl groups is 1. The molecule has 0 atom stereocenters. The maximum atomic E-state index is 10.1. The molecule has 3 N–H and O–H groups in total. The molecule has 0 saturated carbocycles. The standard InChI is InChI=1S/C16H28N2O2/c1-11-14(20)13(12(9-19)7-17-11)8-18-16(5,6)10-15(2,3)4/h7,18-20H,8-10H2,1-6H3. The van der Waals surface area contributed by atoms with Gasteiger partial charge in [-0.3, -0.25) is 4.98 Å². The first-order chi connectivity index (χ1) is 9.06. The van der Waals surface area contributed by atoms with E-state index in [0.29, 0.717) is 17.8 Å². The van der Waals surface area contributed by atoms with Crippen molar-refractivity contribution in [2.75, 3.05) is 0 Å². The molecule has 0 fully saturated rings. The lowest BCUT2D eigenvalue weighted by molar-refractivity contribution is 0.238. The molecule has 0 aliphatic rings. The third-order valence-electron chi connectivity index (χ3n) is 3.32. The number of aryl methyl sites for hydroxylation is 1. The molecule has 0 aliphatic carbocycles. The summed E-state index contributed by atoms with van der Waals surface area (Å²) in [6.45, 7) is 13.1. The first kappa shape index (κ1) is 16.9. The number of rotatable bonds is 5. The van der Waals surface area contributed by atoms with Gasteiger partial charge in [0.15, 0.2) is 0 Å². The predicted molar refractivity (Wildman–Crippen MR) is 81.6 cm³/mol. The summed E-state index contributed by atoms with van der Waals surface area (Å²) in [5.74, 6) is 0.176. The first-order valence-electron chi connectivity index (χ1n) is 7.08. The van der Waals surface area contributed by atoms with Crippen LogP contribution in [0.4, 0.5) is 0 Å². The molecule has 1 aromatic rings. The molecule has 0 spiro atoms. The molecule has 1 rings (SSSR count). The fraction of sp³-hybridized carbons (Fsp3) is 0.688. The van der Waals surface area contributed by atoms with Gasteiger partial charge in [-0.05, 0) is 32.6 Å². The van der Waals surface area contributed by atoms with Crippen LogP contribution >= 0.6 is 0 Å². The van der Waals surface area contributed by atoms with E-state index in [4.69, 9.17) is 0 Å². The molecule has 0 radical (unpaired) electrons. The van der Waals surface area contributed by atoms with Gasteiger partial charge >= 0.3 is 0 Å². The van der Waals surface area contributed by atoms with Gasteiger partial charge in [0.25, 0.3) is 0 Å². The zero-order valence-corrected chi connectivity index (χ0v) is 13.5. The Morgan fingerprint density at radius 2 is 1.80 bits per heavy atom. The number of aliphatic hydroxyl groups is 1. The quantitative estimate of drug-likeness (QED) is 0.776. The van der Waals surface area contributed by atoms with Crippen molar-refractivity contribution in [2.45, 2.75) is 66.7 Å². The lowest BCUT2D eigenvalue weighted by atomic mass is 9.81. The van der Waals surface area contributed by atoms with Gasteiger partial charge in [-0.2, -0.15) is 0 Å². The highest BCUT2D eigenvalue weighted by Crippen LogP contribution is 2.29. The van der Waals surface area contributed by atoms with Crippen LogP contribution in [0.3, 0.4) is 0 Å². The van der Waals surface area contributed by atoms with Crippen LogP contribution in [0.15, 0.2) is 6.20 Å². The Morgan fingerprint density at radius 3 is 2.30 bits per heavy atom. The summed E-state index contributed by atoms with van der Waals surface area (Å²) < 4.78 is 0. The zero-order chi connectivity index (χ0) is 15.6. The molecule has 1 heterocycles. The lowest BCUT2D eigenvalue weighted by Gasteiger charge is -2.34. The molecule has 4 heteroatoms. The van der Waals surface area contributed by atoms with E-state index in [2.05, 4.69) is 44.9 Å². The molecule has 0 bridgehead atoms. The molecular formula is C16H28N2O2. The van der Waals surface area contributed by atoms with Gasteiger partial charge in [0, 0.05) is 29.4 Å². The van der Waals surface area contributed by atoms with E-state index < -0.39 is 0 Å². The minimum atomic E-state index is -0.114. The monoisotopic (exact) mass is 280 g/mol. The molecule has 0 saturated heterocycles. The highest BCUT2D eigenvalue weighted by atomic mass is 16.3. The summed E-state index contributed by atoms with van der Waals surface area (Å²) in [4.78, 5) is 4.08. The van der Waals surface area contributed by atoms with Crippen molar-refractivity contribution >= 4 is 0 Å². The van der Waals surface area contributed by atoms with Crippen LogP contribution in [0.5, 0.6) is 5.75 Å². The average molecular weight is 280 g/mol. The van der Waals surface area contributed by atoms with E-state index in [9.17, 15) is 10.2 Å². The topological polar surface area (TPSA) is 65.4 Å². The second kappa shape index (κ2) is 6.10. The molecule has 0 unspecified atom stereocenters. The molecule has 0 aromatic carbocycles. The van der Waals surface area contributed by atoms with Crippen LogP contribution < -0.4 is 5.32 Å². The Kier molecular flexibility index (Phi) is 5.16. The number of hydrogen-bond donors (Lipinski definition) is 3. The van der Waals surface area contributed by atoms with Gasteiger partial charge in [0.1, 0.15) is 5.75 Å². The Bertz CT molecular complexity index is 462. The molecule has 20 heavy (non-hydrogen) atoms. The van der Waals surface area contributed by atoms with E-state index in [1.807, 2.05) is 0 Å². The number of aromatic nitrogens is 1. The van der Waals surface area contributed by atoms with Gasteiger partial charge in [-0.25, -0.2) is 0 Å². The Labute approximate surface area is 122 Å². The van der Waals surface area contributed by atoms with Crippen LogP contribution in [0.1, 0.15) is 57.9 Å². The molecule has 0 aliphatic heterocycles. The molecule has 0 amide bonds. The van der Waals surface area contributed by atoms with E-state index in [0.717, 1.165) is 12.0 Å². The highest BCUT2D eigenvalue weighted by Gasteiger charge is 2.25. The van der Waals surface area contributed by atoms with Crippen LogP contribution in [0.2, 0.25) is 0 Å². The summed E-state index contributed by atoms with van der Waals surface area (Å²) in [6, 6.07) is 0. The third-order valence-corrected chi connectivity index (χ3v) is 3.32. The number of nitrogens with zero attached hydrogens (tertiary/aromatic N) is 1. The van der Waals surface area contributed by atoms with Crippen molar-refractivity contribution < 1.29 is 10.2 Å². The Hall–Kier alpha value is -1.13. The minimum Gasteiger partial charge on any atom is -0.506 e. The van der Waals surface area contributed by atoms with E-state index in [-0.39, 0.29) is 23.3 Å². The fourth-order valence-electron chi connectivity index (χ4n) is 2.73. The van der Waals surface area contributed by atoms with Crippen molar-refractivity contribution in [3.8, 4) is 5.75 Å². The van der Waals surface area contributed by atoms with Gasteiger partial charge < -0.3 is 15.5 Å². The molecular weight excluding hydrogens is 252 g/mol. The predicted octanol–water partition coefficient (Wildman–Crippen LogP) is 2.89. The van der Waals surface area contributed by atoms with Crippen LogP contribution in [0, 0.1) is 12.3 Å². The number of hydrogen-bond acceptors (Lipinski definition) is 4. The van der Waals surface area contributed by atoms with Gasteiger partial charge in [0.05, 0.1) is 12.3 Å². The molecule has 1 aromatic heterocycles. The number of pyridine rings is 1. The van der Waals surface area contributed by atoms with Crippen LogP contribution in [-0.4, -0.2) is 20.7 Å². The van der Waals surface area contributed by atoms with Crippen molar-refractivity contribution in [3.63, 3.8) is 0 Å². The van der Waals surface area contributed by atoms with Gasteiger partial charge in [-0.15, -0.1) is 0 Å². The zero-order valence-electron chi connectivity index (χ0n) is 13.5. The van der Waals surface area contributed by atoms with Gasteiger partial charge in [-0.1, -0.05) is 20.8 Å². The third kappa shape index (κ3) is 4.76. The average Bonchev–Trinajstić information content (AvgIpc) is 2.28. The summed E-state index contributed by atoms with van der Waals surface area (Å²) in [5.41, 5.74) is 2.18. The lowest BCUT2D eigenvalue weighted by Crippen LogP contribution is -2.42. The summed E-state index contributed by atoms with van der Waals surface area (Å²) in [6.07, 6.45) is 2.64. The van der Waals surface area contributed by atoms with Crippen LogP contribution in [-0.2, 0) is 13.2 Å². The first-order valence-corrected chi connectivity index (χ1v) is 7.08. The molecule has 114 valence electrons. The fourth-order valence-corrected chi connectivity index (χ4v) is 2.73. The van der Waals surface area contributed by atoms with Crippen molar-refractivity contribution in [2.24, 2.45) is 5.41 Å². The second-order valence-corrected chi connectivity index (χ2v) is 7.33. The van der Waals surface area contributed by atoms with E-state index in [1.54, 1.807) is 13.1 Å². The van der Waals surface area contributed by atoms with Crippen LogP contribution in [0.25, 0.3) is 0 Å². The minimum absolute atomic E-state index is 0.0470. The van der Waals surface area contributed by atoms with E-state index in [1.165, 1.54) is 0 Å². The van der Waals surface area contributed by atoms with E-state index >= 15 is 0 Å². The summed E-state index contributed by atoms with van der Waals surface area (Å²) >= 11 is 0. The number of aliphatic hydroxyl groups excluding tert-OH is 1. The summed E-state index contributed by atoms with van der Waals surface area (Å²) in [7, 11) is 0. The maximum absolute atomic E-state index is 10.1. The van der Waals surface area contributed by atoms with Crippen molar-refractivity contribution in [1.29, 1.82) is 0 Å². The summed E-state index contributed by atoms with van der Waals surface area (Å²) in [5, 5.41) is 23.0. The van der Waals surface area contributed by atoms with Crippen molar-refractivity contribution in [3.05, 3.63) is 23.0 Å². The largest absolute Gasteiger partial charge is 0.506 e. The smallest absolute Gasteiger partial charge is 0.141 e. The second-order valence-electron chi connectivity index (χ2n) is 7.33. The molecule has 4 nitrogen and oxygen atoms in total. The normalized spacial score (nSPS) is 12.8. The van der Waals surface area contributed by atoms with Gasteiger partial charge in [0.2, 0.25) is 0 Å². The maximum Gasteiger partial charge on any atom is 0.141 e. The Balaban J connectivity index is 2.87. The highest BCUT2D eigenvalue weighted by molar-refractivity contribution is 5.40. The number of nitrogens with one attached hydrogen (secondary N) is 1.